The molecule has 1 saturated heterocycles. The van der Waals surface area contributed by atoms with E-state index < -0.39 is 0 Å². The summed E-state index contributed by atoms with van der Waals surface area (Å²) in [5.74, 6) is 1.83. The quantitative estimate of drug-likeness (QED) is 0.429. The molecule has 1 fully saturated rings. The Morgan fingerprint density at radius 3 is 2.78 bits per heavy atom. The second kappa shape index (κ2) is 2.21. The van der Waals surface area contributed by atoms with E-state index in [1.54, 1.807) is 4.90 Å². The van der Waals surface area contributed by atoms with E-state index in [4.69, 9.17) is 4.74 Å². The van der Waals surface area contributed by atoms with Gasteiger partial charge in [0.15, 0.2) is 0 Å². The van der Waals surface area contributed by atoms with Gasteiger partial charge >= 0.3 is 0 Å². The van der Waals surface area contributed by atoms with E-state index in [0.29, 0.717) is 12.4 Å². The lowest BCUT2D eigenvalue weighted by atomic mass is 10.3. The summed E-state index contributed by atoms with van der Waals surface area (Å²) in [6, 6.07) is 0. The number of hydrogen-bond donors (Lipinski definition) is 0. The first-order valence-electron chi connectivity index (χ1n) is 2.83. The molecule has 9 heavy (non-hydrogen) atoms. The average molecular weight is 127 g/mol. The molecule has 50 valence electrons. The van der Waals surface area contributed by atoms with Crippen molar-refractivity contribution in [3.8, 4) is 0 Å². The highest BCUT2D eigenvalue weighted by atomic mass is 16.5. The van der Waals surface area contributed by atoms with Crippen LogP contribution in [0.15, 0.2) is 5.70 Å². The summed E-state index contributed by atoms with van der Waals surface area (Å²) in [5.41, 5.74) is 0.606. The molecular weight excluding hydrogens is 118 g/mol. The Kier molecular flexibility index (Phi) is 1.56. The summed E-state index contributed by atoms with van der Waals surface area (Å²) in [5, 5.41) is 0. The van der Waals surface area contributed by atoms with Crippen molar-refractivity contribution in [3.63, 3.8) is 0 Å². The van der Waals surface area contributed by atoms with Crippen LogP contribution in [0.25, 0.3) is 0 Å². The van der Waals surface area contributed by atoms with E-state index in [0.717, 1.165) is 0 Å². The summed E-state index contributed by atoms with van der Waals surface area (Å²) in [7, 11) is 1.81. The van der Waals surface area contributed by atoms with Crippen LogP contribution in [0.1, 0.15) is 6.92 Å². The summed E-state index contributed by atoms with van der Waals surface area (Å²) in [6.07, 6.45) is -0.0764. The summed E-state index contributed by atoms with van der Waals surface area (Å²) in [6.45, 7) is 2.34. The molecule has 1 rings (SSSR count). The number of carbonyl (C=O) groups excluding carboxylic acids is 1. The first-order chi connectivity index (χ1) is 4.25. The zero-order valence-electron chi connectivity index (χ0n) is 5.55. The Labute approximate surface area is 53.9 Å². The van der Waals surface area contributed by atoms with Crippen molar-refractivity contribution in [1.29, 1.82) is 0 Å². The molecule has 1 atom stereocenters. The molecule has 0 radical (unpaired) electrons. The maximum Gasteiger partial charge on any atom is 0.148 e. The maximum atomic E-state index is 10.1. The zero-order chi connectivity index (χ0) is 6.85. The van der Waals surface area contributed by atoms with Crippen molar-refractivity contribution in [2.75, 3.05) is 13.8 Å². The minimum atomic E-state index is -0.0764. The highest BCUT2D eigenvalue weighted by Crippen LogP contribution is 2.14. The van der Waals surface area contributed by atoms with Crippen molar-refractivity contribution < 1.29 is 9.53 Å². The van der Waals surface area contributed by atoms with Gasteiger partial charge in [-0.05, 0) is 6.92 Å². The van der Waals surface area contributed by atoms with Crippen molar-refractivity contribution in [1.82, 2.24) is 4.90 Å². The van der Waals surface area contributed by atoms with Gasteiger partial charge in [-0.2, -0.15) is 0 Å². The molecule has 3 nitrogen and oxygen atoms in total. The van der Waals surface area contributed by atoms with Gasteiger partial charge in [0.2, 0.25) is 0 Å². The van der Waals surface area contributed by atoms with Crippen molar-refractivity contribution in [3.05, 3.63) is 5.70 Å². The van der Waals surface area contributed by atoms with E-state index in [1.807, 2.05) is 19.9 Å². The minimum absolute atomic E-state index is 0.0764. The smallest absolute Gasteiger partial charge is 0.148 e. The van der Waals surface area contributed by atoms with Crippen LogP contribution in [-0.4, -0.2) is 30.7 Å². The van der Waals surface area contributed by atoms with Gasteiger partial charge in [0, 0.05) is 7.05 Å². The molecule has 3 heteroatoms. The Morgan fingerprint density at radius 1 is 1.89 bits per heavy atom. The molecule has 0 aromatic rings. The van der Waals surface area contributed by atoms with Crippen LogP contribution in [0.4, 0.5) is 0 Å². The van der Waals surface area contributed by atoms with Gasteiger partial charge in [-0.1, -0.05) is 0 Å². The molecular formula is C6H9NO2. The third kappa shape index (κ3) is 0.969. The molecule has 0 aromatic heterocycles. The molecule has 0 saturated carbocycles. The fourth-order valence-corrected chi connectivity index (χ4v) is 0.843. The number of hydrogen-bond acceptors (Lipinski definition) is 3. The normalized spacial score (nSPS) is 26.7. The zero-order valence-corrected chi connectivity index (χ0v) is 5.55. The topological polar surface area (TPSA) is 29.5 Å². The molecule has 0 spiro atoms. The molecule has 1 unspecified atom stereocenters. The number of ether oxygens (including phenoxy) is 1. The molecule has 0 bridgehead atoms. The van der Waals surface area contributed by atoms with Gasteiger partial charge in [-0.15, -0.1) is 0 Å². The van der Waals surface area contributed by atoms with Crippen LogP contribution in [0, 0.1) is 0 Å². The van der Waals surface area contributed by atoms with Gasteiger partial charge in [0.1, 0.15) is 24.5 Å². The lowest BCUT2D eigenvalue weighted by Gasteiger charge is -2.05. The largest absolute Gasteiger partial charge is 0.351 e. The van der Waals surface area contributed by atoms with Crippen molar-refractivity contribution >= 4 is 5.94 Å². The van der Waals surface area contributed by atoms with Crippen LogP contribution in [0.5, 0.6) is 0 Å². The van der Waals surface area contributed by atoms with Gasteiger partial charge < -0.3 is 9.64 Å². The van der Waals surface area contributed by atoms with Crippen molar-refractivity contribution in [2.24, 2.45) is 0 Å². The van der Waals surface area contributed by atoms with Gasteiger partial charge in [-0.3, -0.25) is 0 Å². The molecule has 0 N–H and O–H groups in total. The third-order valence-electron chi connectivity index (χ3n) is 1.42. The number of rotatable bonds is 0. The van der Waals surface area contributed by atoms with E-state index >= 15 is 0 Å². The van der Waals surface area contributed by atoms with E-state index in [2.05, 4.69) is 0 Å². The van der Waals surface area contributed by atoms with E-state index in [-0.39, 0.29) is 6.10 Å². The van der Waals surface area contributed by atoms with Gasteiger partial charge in [0.05, 0.1) is 0 Å². The van der Waals surface area contributed by atoms with E-state index in [9.17, 15) is 4.79 Å². The Morgan fingerprint density at radius 2 is 2.56 bits per heavy atom. The Bertz CT molecular complexity index is 148. The van der Waals surface area contributed by atoms with Gasteiger partial charge in [-0.25, -0.2) is 4.79 Å². The number of nitrogens with zero attached hydrogens (tertiary/aromatic N) is 1. The molecule has 0 aromatic carbocycles. The maximum absolute atomic E-state index is 10.1. The second-order valence-electron chi connectivity index (χ2n) is 2.12. The van der Waals surface area contributed by atoms with Crippen LogP contribution >= 0.6 is 0 Å². The summed E-state index contributed by atoms with van der Waals surface area (Å²) < 4.78 is 5.09. The lowest BCUT2D eigenvalue weighted by molar-refractivity contribution is 0.107. The third-order valence-corrected chi connectivity index (χ3v) is 1.42. The molecule has 0 aliphatic carbocycles. The Balaban J connectivity index is 2.78. The first-order valence-corrected chi connectivity index (χ1v) is 2.83. The molecule has 1 aliphatic heterocycles. The molecule has 1 heterocycles. The van der Waals surface area contributed by atoms with E-state index in [1.165, 1.54) is 0 Å². The standard InChI is InChI=1S/C6H9NO2/c1-5-6(3-8)7(2)4-9-5/h5H,4H2,1-2H3. The SMILES string of the molecule is CC1OCN(C)C1=C=O. The van der Waals surface area contributed by atoms with Gasteiger partial charge in [0.25, 0.3) is 0 Å². The number of likely N-dealkylation sites (N-methyl/N-ethyl adjacent to an activating group) is 1. The first kappa shape index (κ1) is 6.33. The predicted molar refractivity (Wildman–Crippen MR) is 32.4 cm³/mol. The molecule has 1 aliphatic rings. The van der Waals surface area contributed by atoms with Crippen LogP contribution < -0.4 is 0 Å². The van der Waals surface area contributed by atoms with Crippen LogP contribution in [-0.2, 0) is 9.53 Å². The molecule has 0 amide bonds. The highest BCUT2D eigenvalue weighted by molar-refractivity contribution is 5.53. The predicted octanol–water partition coefficient (Wildman–Crippen LogP) is 0.00990. The van der Waals surface area contributed by atoms with Crippen LogP contribution in [0.3, 0.4) is 0 Å². The fourth-order valence-electron chi connectivity index (χ4n) is 0.843. The summed E-state index contributed by atoms with van der Waals surface area (Å²) in [4.78, 5) is 11.9. The second-order valence-corrected chi connectivity index (χ2v) is 2.12. The summed E-state index contributed by atoms with van der Waals surface area (Å²) >= 11 is 0. The fraction of sp³-hybridized carbons (Fsp3) is 0.667. The Hall–Kier alpha value is -0.790. The minimum Gasteiger partial charge on any atom is -0.351 e. The highest BCUT2D eigenvalue weighted by Gasteiger charge is 2.22. The monoisotopic (exact) mass is 127 g/mol. The van der Waals surface area contributed by atoms with Crippen LogP contribution in [0.2, 0.25) is 0 Å². The average Bonchev–Trinajstić information content (AvgIpc) is 2.12. The lowest BCUT2D eigenvalue weighted by Crippen LogP contribution is -2.13. The van der Waals surface area contributed by atoms with Crippen molar-refractivity contribution in [2.45, 2.75) is 13.0 Å².